The van der Waals surface area contributed by atoms with Crippen LogP contribution in [0.25, 0.3) is 0 Å². The minimum atomic E-state index is -1.15. The van der Waals surface area contributed by atoms with Crippen LogP contribution < -0.4 is 0 Å². The number of ether oxygens (including phenoxy) is 1. The molecule has 2 aliphatic rings. The number of hydrogen-bond acceptors (Lipinski definition) is 4. The second kappa shape index (κ2) is 5.16. The predicted octanol–water partition coefficient (Wildman–Crippen LogP) is 0.907. The summed E-state index contributed by atoms with van der Waals surface area (Å²) in [6.07, 6.45) is -0.184. The Morgan fingerprint density at radius 1 is 1.30 bits per heavy atom. The molecule has 108 valence electrons. The summed E-state index contributed by atoms with van der Waals surface area (Å²) in [4.78, 5) is 2.03. The average molecular weight is 276 g/mol. The summed E-state index contributed by atoms with van der Waals surface area (Å²) in [7, 11) is 0. The zero-order valence-corrected chi connectivity index (χ0v) is 11.7. The molecule has 2 atom stereocenters. The van der Waals surface area contributed by atoms with E-state index in [4.69, 9.17) is 4.74 Å². The van der Waals surface area contributed by atoms with Crippen LogP contribution >= 0.6 is 0 Å². The predicted molar refractivity (Wildman–Crippen MR) is 75.4 cm³/mol. The standard InChI is InChI=1S/C15H20N2O3/c1-12-11-15(18,13-5-3-2-4-6-13)14(17(12)19)16-7-9-20-10-8-16/h2-6,14,18H,7-11H2,1H3/t14-,15-/m1/s1. The van der Waals surface area contributed by atoms with E-state index in [9.17, 15) is 10.3 Å². The fraction of sp³-hybridized carbons (Fsp3) is 0.533. The van der Waals surface area contributed by atoms with Crippen LogP contribution in [-0.2, 0) is 10.3 Å². The van der Waals surface area contributed by atoms with Crippen LogP contribution in [0.2, 0.25) is 0 Å². The Balaban J connectivity index is 1.97. The second-order valence-corrected chi connectivity index (χ2v) is 5.55. The monoisotopic (exact) mass is 276 g/mol. The van der Waals surface area contributed by atoms with Gasteiger partial charge in [0.05, 0.1) is 19.6 Å². The van der Waals surface area contributed by atoms with Crippen molar-refractivity contribution in [3.05, 3.63) is 41.1 Å². The lowest BCUT2D eigenvalue weighted by molar-refractivity contribution is -0.546. The molecule has 1 aromatic carbocycles. The van der Waals surface area contributed by atoms with E-state index in [1.54, 1.807) is 6.92 Å². The third-order valence-corrected chi connectivity index (χ3v) is 4.22. The van der Waals surface area contributed by atoms with Crippen molar-refractivity contribution in [1.82, 2.24) is 4.90 Å². The maximum atomic E-state index is 12.4. The highest BCUT2D eigenvalue weighted by molar-refractivity contribution is 5.80. The summed E-state index contributed by atoms with van der Waals surface area (Å²) in [5, 5.41) is 23.6. The Kier molecular flexibility index (Phi) is 3.50. The molecule has 2 heterocycles. The first-order valence-electron chi connectivity index (χ1n) is 7.01. The Labute approximate surface area is 118 Å². The van der Waals surface area contributed by atoms with E-state index in [-0.39, 0.29) is 0 Å². The van der Waals surface area contributed by atoms with E-state index in [1.807, 2.05) is 35.2 Å². The van der Waals surface area contributed by atoms with Gasteiger partial charge in [-0.05, 0) is 5.56 Å². The lowest BCUT2D eigenvalue weighted by Gasteiger charge is -2.37. The topological polar surface area (TPSA) is 58.8 Å². The molecule has 1 aromatic rings. The first kappa shape index (κ1) is 13.5. The zero-order valence-electron chi connectivity index (χ0n) is 11.7. The molecule has 1 saturated heterocycles. The quantitative estimate of drug-likeness (QED) is 0.644. The molecular formula is C15H20N2O3. The Bertz CT molecular complexity index is 511. The van der Waals surface area contributed by atoms with Crippen LogP contribution in [0.3, 0.4) is 0 Å². The number of benzene rings is 1. The van der Waals surface area contributed by atoms with E-state index in [2.05, 4.69) is 0 Å². The maximum absolute atomic E-state index is 12.4. The van der Waals surface area contributed by atoms with Crippen molar-refractivity contribution in [2.45, 2.75) is 25.1 Å². The molecule has 0 unspecified atom stereocenters. The molecule has 5 heteroatoms. The normalized spacial score (nSPS) is 31.8. The van der Waals surface area contributed by atoms with E-state index in [1.165, 1.54) is 0 Å². The Hall–Kier alpha value is -1.43. The molecular weight excluding hydrogens is 256 g/mol. The summed E-state index contributed by atoms with van der Waals surface area (Å²) in [5.41, 5.74) is 0.326. The van der Waals surface area contributed by atoms with Gasteiger partial charge in [-0.2, -0.15) is 4.74 Å². The van der Waals surface area contributed by atoms with Gasteiger partial charge in [0.15, 0.2) is 11.3 Å². The smallest absolute Gasteiger partial charge is 0.253 e. The molecule has 1 N–H and O–H groups in total. The van der Waals surface area contributed by atoms with E-state index >= 15 is 0 Å². The number of hydrogen-bond donors (Lipinski definition) is 1. The van der Waals surface area contributed by atoms with Gasteiger partial charge in [0.2, 0.25) is 0 Å². The van der Waals surface area contributed by atoms with Crippen LogP contribution in [0.15, 0.2) is 30.3 Å². The van der Waals surface area contributed by atoms with Gasteiger partial charge in [-0.1, -0.05) is 30.3 Å². The summed E-state index contributed by atoms with van der Waals surface area (Å²) in [6, 6.07) is 9.48. The fourth-order valence-electron chi connectivity index (χ4n) is 3.21. The Morgan fingerprint density at radius 2 is 1.95 bits per heavy atom. The fourth-order valence-corrected chi connectivity index (χ4v) is 3.21. The number of hydroxylamine groups is 1. The lowest BCUT2D eigenvalue weighted by Crippen LogP contribution is -2.55. The van der Waals surface area contributed by atoms with Crippen molar-refractivity contribution in [2.24, 2.45) is 0 Å². The summed E-state index contributed by atoms with van der Waals surface area (Å²) in [6.45, 7) is 4.35. The number of nitrogens with zero attached hydrogens (tertiary/aromatic N) is 2. The second-order valence-electron chi connectivity index (χ2n) is 5.55. The van der Waals surface area contributed by atoms with Crippen molar-refractivity contribution < 1.29 is 14.6 Å². The zero-order chi connectivity index (χ0) is 14.2. The molecule has 0 amide bonds. The molecule has 0 radical (unpaired) electrons. The maximum Gasteiger partial charge on any atom is 0.253 e. The molecule has 0 spiro atoms. The minimum absolute atomic E-state index is 0.378. The van der Waals surface area contributed by atoms with Crippen molar-refractivity contribution in [3.8, 4) is 0 Å². The van der Waals surface area contributed by atoms with Crippen LogP contribution in [0.1, 0.15) is 18.9 Å². The van der Waals surface area contributed by atoms with E-state index in [0.29, 0.717) is 38.4 Å². The third kappa shape index (κ3) is 2.12. The van der Waals surface area contributed by atoms with Gasteiger partial charge in [-0.25, -0.2) is 4.90 Å². The molecule has 0 aliphatic carbocycles. The van der Waals surface area contributed by atoms with Gasteiger partial charge < -0.3 is 15.1 Å². The molecule has 0 aromatic heterocycles. The van der Waals surface area contributed by atoms with Crippen molar-refractivity contribution in [2.75, 3.05) is 26.3 Å². The molecule has 5 nitrogen and oxygen atoms in total. The Morgan fingerprint density at radius 3 is 2.60 bits per heavy atom. The SMILES string of the molecule is CC1=[N+]([O-])[C@@H](N2CCOCC2)[C@](O)(c2ccccc2)C1. The third-order valence-electron chi connectivity index (χ3n) is 4.22. The van der Waals surface area contributed by atoms with Gasteiger partial charge in [-0.15, -0.1) is 0 Å². The van der Waals surface area contributed by atoms with Crippen LogP contribution in [0, 0.1) is 5.21 Å². The molecule has 2 aliphatic heterocycles. The number of rotatable bonds is 2. The van der Waals surface area contributed by atoms with Crippen molar-refractivity contribution in [1.29, 1.82) is 0 Å². The number of morpholine rings is 1. The number of aliphatic hydroxyl groups is 1. The van der Waals surface area contributed by atoms with Crippen LogP contribution in [0.5, 0.6) is 0 Å². The highest BCUT2D eigenvalue weighted by Crippen LogP contribution is 2.37. The van der Waals surface area contributed by atoms with Crippen molar-refractivity contribution >= 4 is 5.71 Å². The summed E-state index contributed by atoms with van der Waals surface area (Å²) < 4.78 is 6.32. The summed E-state index contributed by atoms with van der Waals surface area (Å²) >= 11 is 0. The van der Waals surface area contributed by atoms with Gasteiger partial charge in [-0.3, -0.25) is 0 Å². The van der Waals surface area contributed by atoms with Gasteiger partial charge in [0.25, 0.3) is 6.17 Å². The minimum Gasteiger partial charge on any atom is -0.623 e. The first-order valence-corrected chi connectivity index (χ1v) is 7.01. The van der Waals surface area contributed by atoms with E-state index in [0.717, 1.165) is 10.3 Å². The lowest BCUT2D eigenvalue weighted by atomic mass is 9.87. The molecule has 0 saturated carbocycles. The molecule has 0 bridgehead atoms. The van der Waals surface area contributed by atoms with E-state index < -0.39 is 11.8 Å². The van der Waals surface area contributed by atoms with Gasteiger partial charge >= 0.3 is 0 Å². The molecule has 20 heavy (non-hydrogen) atoms. The first-order chi connectivity index (χ1) is 9.63. The van der Waals surface area contributed by atoms with Crippen molar-refractivity contribution in [3.63, 3.8) is 0 Å². The van der Waals surface area contributed by atoms with Crippen LogP contribution in [-0.4, -0.2) is 52.9 Å². The molecule has 3 rings (SSSR count). The largest absolute Gasteiger partial charge is 0.623 e. The van der Waals surface area contributed by atoms with Gasteiger partial charge in [0.1, 0.15) is 0 Å². The average Bonchev–Trinajstić information content (AvgIpc) is 2.72. The molecule has 1 fully saturated rings. The highest BCUT2D eigenvalue weighted by Gasteiger charge is 2.54. The summed E-state index contributed by atoms with van der Waals surface area (Å²) in [5.74, 6) is 0. The highest BCUT2D eigenvalue weighted by atomic mass is 16.5. The van der Waals surface area contributed by atoms with Crippen LogP contribution in [0.4, 0.5) is 0 Å². The van der Waals surface area contributed by atoms with Gasteiger partial charge in [0, 0.05) is 20.0 Å².